The van der Waals surface area contributed by atoms with Crippen LogP contribution in [0.2, 0.25) is 0 Å². The van der Waals surface area contributed by atoms with Gasteiger partial charge in [0.1, 0.15) is 6.54 Å². The molecule has 1 aromatic rings. The molecule has 1 rings (SSSR count). The minimum Gasteiger partial charge on any atom is -0.394 e. The second-order valence-corrected chi connectivity index (χ2v) is 3.39. The van der Waals surface area contributed by atoms with Gasteiger partial charge in [-0.05, 0) is 12.5 Å². The van der Waals surface area contributed by atoms with Crippen molar-refractivity contribution >= 4 is 5.91 Å². The molecule has 1 atom stereocenters. The van der Waals surface area contributed by atoms with Crippen LogP contribution in [0.1, 0.15) is 13.3 Å². The molecule has 0 saturated heterocycles. The van der Waals surface area contributed by atoms with E-state index in [-0.39, 0.29) is 25.1 Å². The highest BCUT2D eigenvalue weighted by Gasteiger charge is 2.09. The average Bonchev–Trinajstić information content (AvgIpc) is 2.29. The smallest absolute Gasteiger partial charge is 0.347 e. The fraction of sp³-hybridized carbons (Fsp3) is 0.500. The fourth-order valence-corrected chi connectivity index (χ4v) is 1.21. The van der Waals surface area contributed by atoms with Gasteiger partial charge in [-0.2, -0.15) is 0 Å². The molecule has 0 aliphatic rings. The molecular weight excluding hydrogens is 210 g/mol. The fourth-order valence-electron chi connectivity index (χ4n) is 1.21. The van der Waals surface area contributed by atoms with Crippen molar-refractivity contribution in [2.24, 2.45) is 0 Å². The van der Waals surface area contributed by atoms with Crippen LogP contribution in [0.15, 0.2) is 23.3 Å². The second-order valence-electron chi connectivity index (χ2n) is 3.39. The van der Waals surface area contributed by atoms with Crippen molar-refractivity contribution in [2.45, 2.75) is 25.9 Å². The highest BCUT2D eigenvalue weighted by Crippen LogP contribution is 1.89. The summed E-state index contributed by atoms with van der Waals surface area (Å²) in [5.41, 5.74) is -0.463. The minimum absolute atomic E-state index is 0.0802. The first kappa shape index (κ1) is 12.4. The normalized spacial score (nSPS) is 12.1. The van der Waals surface area contributed by atoms with E-state index in [9.17, 15) is 9.59 Å². The number of nitrogens with zero attached hydrogens (tertiary/aromatic N) is 2. The van der Waals surface area contributed by atoms with Crippen molar-refractivity contribution in [3.05, 3.63) is 28.9 Å². The maximum absolute atomic E-state index is 11.5. The summed E-state index contributed by atoms with van der Waals surface area (Å²) in [5, 5.41) is 11.5. The van der Waals surface area contributed by atoms with Crippen LogP contribution in [0.25, 0.3) is 0 Å². The van der Waals surface area contributed by atoms with E-state index in [0.717, 1.165) is 0 Å². The Morgan fingerprint density at radius 2 is 2.44 bits per heavy atom. The van der Waals surface area contributed by atoms with Crippen molar-refractivity contribution in [3.63, 3.8) is 0 Å². The number of carbonyl (C=O) groups is 1. The van der Waals surface area contributed by atoms with Gasteiger partial charge in [0, 0.05) is 12.4 Å². The molecule has 2 N–H and O–H groups in total. The van der Waals surface area contributed by atoms with E-state index in [1.807, 2.05) is 6.92 Å². The second kappa shape index (κ2) is 6.02. The molecule has 0 fully saturated rings. The molecule has 0 aliphatic carbocycles. The lowest BCUT2D eigenvalue weighted by Gasteiger charge is -2.14. The van der Waals surface area contributed by atoms with Crippen LogP contribution >= 0.6 is 0 Å². The summed E-state index contributed by atoms with van der Waals surface area (Å²) in [6, 6.07) is 1.32. The summed E-state index contributed by atoms with van der Waals surface area (Å²) in [7, 11) is 0. The number of carbonyl (C=O) groups excluding carboxylic acids is 1. The van der Waals surface area contributed by atoms with Crippen LogP contribution in [-0.2, 0) is 11.3 Å². The Kier molecular flexibility index (Phi) is 4.65. The van der Waals surface area contributed by atoms with E-state index in [0.29, 0.717) is 6.42 Å². The third kappa shape index (κ3) is 3.47. The quantitative estimate of drug-likeness (QED) is 0.682. The van der Waals surface area contributed by atoms with E-state index in [4.69, 9.17) is 5.11 Å². The van der Waals surface area contributed by atoms with E-state index in [1.54, 1.807) is 6.07 Å². The molecule has 88 valence electrons. The standard InChI is InChI=1S/C10H15N3O3/c1-2-8(7-14)12-9(15)6-13-5-3-4-11-10(13)16/h3-5,8,14H,2,6-7H2,1H3,(H,12,15)/t8-/m0/s1. The van der Waals surface area contributed by atoms with Gasteiger partial charge in [-0.25, -0.2) is 9.78 Å². The third-order valence-electron chi connectivity index (χ3n) is 2.18. The summed E-state index contributed by atoms with van der Waals surface area (Å²) in [5.74, 6) is -0.309. The maximum atomic E-state index is 11.5. The van der Waals surface area contributed by atoms with Crippen LogP contribution in [0.5, 0.6) is 0 Å². The maximum Gasteiger partial charge on any atom is 0.347 e. The number of hydrogen-bond acceptors (Lipinski definition) is 4. The number of amides is 1. The summed E-state index contributed by atoms with van der Waals surface area (Å²) >= 11 is 0. The Labute approximate surface area is 92.9 Å². The van der Waals surface area contributed by atoms with Gasteiger partial charge in [0.15, 0.2) is 0 Å². The van der Waals surface area contributed by atoms with Crippen LogP contribution < -0.4 is 11.0 Å². The molecular formula is C10H15N3O3. The van der Waals surface area contributed by atoms with Crippen LogP contribution in [0, 0.1) is 0 Å². The van der Waals surface area contributed by atoms with Gasteiger partial charge in [0.05, 0.1) is 12.6 Å². The van der Waals surface area contributed by atoms with Gasteiger partial charge < -0.3 is 10.4 Å². The summed E-state index contributed by atoms with van der Waals surface area (Å²) in [6.07, 6.45) is 3.51. The lowest BCUT2D eigenvalue weighted by molar-refractivity contribution is -0.122. The van der Waals surface area contributed by atoms with E-state index >= 15 is 0 Å². The number of hydrogen-bond donors (Lipinski definition) is 2. The number of rotatable bonds is 5. The van der Waals surface area contributed by atoms with Gasteiger partial charge in [-0.3, -0.25) is 9.36 Å². The molecule has 0 spiro atoms. The monoisotopic (exact) mass is 225 g/mol. The predicted octanol–water partition coefficient (Wildman–Crippen LogP) is -0.870. The van der Waals surface area contributed by atoms with Crippen LogP contribution in [0.3, 0.4) is 0 Å². The molecule has 0 aliphatic heterocycles. The number of nitrogens with one attached hydrogen (secondary N) is 1. The van der Waals surface area contributed by atoms with Crippen LogP contribution in [0.4, 0.5) is 0 Å². The van der Waals surface area contributed by atoms with Crippen molar-refractivity contribution in [1.29, 1.82) is 0 Å². The van der Waals surface area contributed by atoms with E-state index in [2.05, 4.69) is 10.3 Å². The Bertz CT molecular complexity index is 398. The summed E-state index contributed by atoms with van der Waals surface area (Å²) < 4.78 is 1.21. The van der Waals surface area contributed by atoms with E-state index < -0.39 is 5.69 Å². The third-order valence-corrected chi connectivity index (χ3v) is 2.18. The van der Waals surface area contributed by atoms with Crippen LogP contribution in [-0.4, -0.2) is 33.2 Å². The van der Waals surface area contributed by atoms with Crippen molar-refractivity contribution < 1.29 is 9.90 Å². The summed E-state index contributed by atoms with van der Waals surface area (Å²) in [6.45, 7) is 1.67. The molecule has 6 heteroatoms. The molecule has 0 bridgehead atoms. The van der Waals surface area contributed by atoms with Gasteiger partial charge in [0.2, 0.25) is 5.91 Å². The minimum atomic E-state index is -0.463. The Balaban J connectivity index is 2.58. The first-order valence-corrected chi connectivity index (χ1v) is 5.09. The number of aromatic nitrogens is 2. The lowest BCUT2D eigenvalue weighted by atomic mass is 10.2. The largest absolute Gasteiger partial charge is 0.394 e. The molecule has 0 radical (unpaired) electrons. The van der Waals surface area contributed by atoms with Gasteiger partial charge >= 0.3 is 5.69 Å². The molecule has 16 heavy (non-hydrogen) atoms. The van der Waals surface area contributed by atoms with Gasteiger partial charge in [-0.15, -0.1) is 0 Å². The first-order chi connectivity index (χ1) is 7.67. The highest BCUT2D eigenvalue weighted by molar-refractivity contribution is 5.76. The molecule has 6 nitrogen and oxygen atoms in total. The SMILES string of the molecule is CC[C@@H](CO)NC(=O)Cn1cccnc1=O. The van der Waals surface area contributed by atoms with Gasteiger partial charge in [0.25, 0.3) is 0 Å². The molecule has 0 unspecified atom stereocenters. The molecule has 1 heterocycles. The Morgan fingerprint density at radius 1 is 1.69 bits per heavy atom. The van der Waals surface area contributed by atoms with Crippen molar-refractivity contribution in [2.75, 3.05) is 6.61 Å². The summed E-state index contributed by atoms with van der Waals surface area (Å²) in [4.78, 5) is 26.2. The highest BCUT2D eigenvalue weighted by atomic mass is 16.3. The first-order valence-electron chi connectivity index (χ1n) is 5.09. The Hall–Kier alpha value is -1.69. The zero-order valence-electron chi connectivity index (χ0n) is 9.09. The van der Waals surface area contributed by atoms with Crippen molar-refractivity contribution in [1.82, 2.24) is 14.9 Å². The average molecular weight is 225 g/mol. The van der Waals surface area contributed by atoms with E-state index in [1.165, 1.54) is 17.0 Å². The molecule has 1 aromatic heterocycles. The molecule has 1 amide bonds. The molecule has 0 saturated carbocycles. The number of aliphatic hydroxyl groups is 1. The predicted molar refractivity (Wildman–Crippen MR) is 57.8 cm³/mol. The molecule has 0 aromatic carbocycles. The van der Waals surface area contributed by atoms with Gasteiger partial charge in [-0.1, -0.05) is 6.92 Å². The van der Waals surface area contributed by atoms with Crippen molar-refractivity contribution in [3.8, 4) is 0 Å². The number of aliphatic hydroxyl groups excluding tert-OH is 1. The topological polar surface area (TPSA) is 84.2 Å². The zero-order chi connectivity index (χ0) is 12.0. The Morgan fingerprint density at radius 3 is 3.00 bits per heavy atom. The lowest BCUT2D eigenvalue weighted by Crippen LogP contribution is -2.40. The zero-order valence-corrected chi connectivity index (χ0v) is 9.09.